The molecule has 1 aromatic carbocycles. The first-order valence-corrected chi connectivity index (χ1v) is 7.18. The van der Waals surface area contributed by atoms with E-state index in [1.807, 2.05) is 6.07 Å². The van der Waals surface area contributed by atoms with Crippen LogP contribution in [0.3, 0.4) is 0 Å². The lowest BCUT2D eigenvalue weighted by Crippen LogP contribution is -2.52. The second-order valence-corrected chi connectivity index (χ2v) is 5.75. The highest BCUT2D eigenvalue weighted by molar-refractivity contribution is 6.30. The predicted octanol–water partition coefficient (Wildman–Crippen LogP) is 1.42. The van der Waals surface area contributed by atoms with Crippen molar-refractivity contribution in [2.24, 2.45) is 4.99 Å². The van der Waals surface area contributed by atoms with Crippen LogP contribution in [0, 0.1) is 0 Å². The molecule has 3 aliphatic heterocycles. The SMILES string of the molecule is O=C1NC([C@@H]2CCCN2)=NC2c3cc(Cl)ccc3OC12. The van der Waals surface area contributed by atoms with Crippen molar-refractivity contribution < 1.29 is 9.53 Å². The summed E-state index contributed by atoms with van der Waals surface area (Å²) in [6, 6.07) is 5.26. The summed E-state index contributed by atoms with van der Waals surface area (Å²) in [5, 5.41) is 6.85. The third kappa shape index (κ3) is 1.81. The van der Waals surface area contributed by atoms with E-state index in [2.05, 4.69) is 10.6 Å². The fourth-order valence-electron chi connectivity index (χ4n) is 3.03. The zero-order valence-corrected chi connectivity index (χ0v) is 11.5. The van der Waals surface area contributed by atoms with Gasteiger partial charge in [0.25, 0.3) is 5.91 Å². The summed E-state index contributed by atoms with van der Waals surface area (Å²) in [7, 11) is 0. The second-order valence-electron chi connectivity index (χ2n) is 5.32. The van der Waals surface area contributed by atoms with Crippen LogP contribution in [0.1, 0.15) is 24.4 Å². The molecule has 104 valence electrons. The van der Waals surface area contributed by atoms with Crippen LogP contribution in [0.4, 0.5) is 0 Å². The lowest BCUT2D eigenvalue weighted by molar-refractivity contribution is -0.127. The van der Waals surface area contributed by atoms with E-state index < -0.39 is 6.10 Å². The first-order valence-electron chi connectivity index (χ1n) is 6.80. The summed E-state index contributed by atoms with van der Waals surface area (Å²) in [6.45, 7) is 0.965. The third-order valence-electron chi connectivity index (χ3n) is 4.01. The van der Waals surface area contributed by atoms with Crippen LogP contribution in [0.5, 0.6) is 5.75 Å². The van der Waals surface area contributed by atoms with Gasteiger partial charge in [0.05, 0.1) is 6.04 Å². The maximum Gasteiger partial charge on any atom is 0.269 e. The minimum absolute atomic E-state index is 0.124. The molecule has 1 aromatic rings. The van der Waals surface area contributed by atoms with Crippen molar-refractivity contribution in [3.63, 3.8) is 0 Å². The molecular formula is C14H14ClN3O2. The van der Waals surface area contributed by atoms with Gasteiger partial charge in [0.2, 0.25) is 6.10 Å². The number of amidine groups is 1. The summed E-state index contributed by atoms with van der Waals surface area (Å²) >= 11 is 6.04. The molecule has 1 fully saturated rings. The number of hydrogen-bond donors (Lipinski definition) is 2. The van der Waals surface area contributed by atoms with Gasteiger partial charge < -0.3 is 15.4 Å². The van der Waals surface area contributed by atoms with Crippen molar-refractivity contribution in [3.8, 4) is 5.75 Å². The summed E-state index contributed by atoms with van der Waals surface area (Å²) in [5.41, 5.74) is 0.896. The topological polar surface area (TPSA) is 62.7 Å². The lowest BCUT2D eigenvalue weighted by Gasteiger charge is -2.25. The molecule has 1 saturated heterocycles. The normalized spacial score (nSPS) is 31.1. The molecule has 4 rings (SSSR count). The number of fused-ring (bicyclic) bond motifs is 3. The van der Waals surface area contributed by atoms with Gasteiger partial charge in [-0.3, -0.25) is 9.79 Å². The fraction of sp³-hybridized carbons (Fsp3) is 0.429. The average Bonchev–Trinajstić information content (AvgIpc) is 3.06. The van der Waals surface area contributed by atoms with Crippen molar-refractivity contribution in [1.29, 1.82) is 0 Å². The number of halogens is 1. The van der Waals surface area contributed by atoms with Gasteiger partial charge in [-0.15, -0.1) is 0 Å². The van der Waals surface area contributed by atoms with E-state index in [-0.39, 0.29) is 18.0 Å². The Hall–Kier alpha value is -1.59. The number of amides is 1. The molecule has 0 bridgehead atoms. The van der Waals surface area contributed by atoms with Gasteiger partial charge in [-0.1, -0.05) is 11.6 Å². The van der Waals surface area contributed by atoms with Crippen LogP contribution in [0.25, 0.3) is 0 Å². The maximum atomic E-state index is 12.2. The van der Waals surface area contributed by atoms with Gasteiger partial charge in [-0.25, -0.2) is 0 Å². The molecule has 6 heteroatoms. The van der Waals surface area contributed by atoms with Gasteiger partial charge >= 0.3 is 0 Å². The lowest BCUT2D eigenvalue weighted by atomic mass is 10.0. The number of nitrogens with one attached hydrogen (secondary N) is 2. The van der Waals surface area contributed by atoms with E-state index in [0.29, 0.717) is 10.8 Å². The van der Waals surface area contributed by atoms with Crippen molar-refractivity contribution in [2.75, 3.05) is 6.54 Å². The van der Waals surface area contributed by atoms with E-state index in [1.165, 1.54) is 0 Å². The fourth-order valence-corrected chi connectivity index (χ4v) is 3.21. The first-order chi connectivity index (χ1) is 9.72. The molecule has 0 spiro atoms. The highest BCUT2D eigenvalue weighted by Crippen LogP contribution is 2.42. The standard InChI is InChI=1S/C14H14ClN3O2/c15-7-3-4-10-8(6-7)11-12(20-10)14(19)18-13(17-11)9-2-1-5-16-9/h3-4,6,9,11-12,16H,1-2,5H2,(H,17,18,19)/t9-,11?,12?/m0/s1. The van der Waals surface area contributed by atoms with E-state index in [9.17, 15) is 4.79 Å². The Morgan fingerprint density at radius 2 is 2.30 bits per heavy atom. The Morgan fingerprint density at radius 3 is 3.10 bits per heavy atom. The molecule has 5 nitrogen and oxygen atoms in total. The van der Waals surface area contributed by atoms with Gasteiger partial charge in [0.15, 0.2) is 0 Å². The minimum Gasteiger partial charge on any atom is -0.478 e. The van der Waals surface area contributed by atoms with Crippen LogP contribution in [-0.4, -0.2) is 30.4 Å². The maximum absolute atomic E-state index is 12.2. The van der Waals surface area contributed by atoms with Crippen LogP contribution in [0.2, 0.25) is 5.02 Å². The van der Waals surface area contributed by atoms with E-state index in [4.69, 9.17) is 21.3 Å². The molecule has 3 aliphatic rings. The Bertz CT molecular complexity index is 610. The minimum atomic E-state index is -0.575. The number of carbonyl (C=O) groups is 1. The number of benzene rings is 1. The van der Waals surface area contributed by atoms with Crippen molar-refractivity contribution in [1.82, 2.24) is 10.6 Å². The molecule has 0 aromatic heterocycles. The first kappa shape index (κ1) is 12.2. The number of nitrogens with zero attached hydrogens (tertiary/aromatic N) is 1. The van der Waals surface area contributed by atoms with Gasteiger partial charge in [-0.05, 0) is 37.6 Å². The van der Waals surface area contributed by atoms with Crippen LogP contribution in [-0.2, 0) is 4.79 Å². The number of carbonyl (C=O) groups excluding carboxylic acids is 1. The number of ether oxygens (including phenoxy) is 1. The predicted molar refractivity (Wildman–Crippen MR) is 75.2 cm³/mol. The number of rotatable bonds is 1. The van der Waals surface area contributed by atoms with Crippen LogP contribution in [0.15, 0.2) is 23.2 Å². The monoisotopic (exact) mass is 291 g/mol. The molecule has 2 unspecified atom stereocenters. The van der Waals surface area contributed by atoms with Crippen LogP contribution >= 0.6 is 11.6 Å². The molecule has 0 saturated carbocycles. The summed E-state index contributed by atoms with van der Waals surface area (Å²) in [6.07, 6.45) is 1.53. The van der Waals surface area contributed by atoms with Gasteiger partial charge in [-0.2, -0.15) is 0 Å². The third-order valence-corrected chi connectivity index (χ3v) is 4.24. The molecule has 3 heterocycles. The van der Waals surface area contributed by atoms with Gasteiger partial charge in [0, 0.05) is 10.6 Å². The van der Waals surface area contributed by atoms with Crippen molar-refractivity contribution in [2.45, 2.75) is 31.0 Å². The molecule has 2 N–H and O–H groups in total. The Morgan fingerprint density at radius 1 is 1.40 bits per heavy atom. The van der Waals surface area contributed by atoms with Gasteiger partial charge in [0.1, 0.15) is 17.6 Å². The molecule has 0 radical (unpaired) electrons. The number of hydrogen-bond acceptors (Lipinski definition) is 4. The Balaban J connectivity index is 1.74. The largest absolute Gasteiger partial charge is 0.478 e. The molecule has 3 atom stereocenters. The smallest absolute Gasteiger partial charge is 0.269 e. The zero-order chi connectivity index (χ0) is 13.7. The summed E-state index contributed by atoms with van der Waals surface area (Å²) in [5.74, 6) is 1.30. The molecule has 0 aliphatic carbocycles. The highest BCUT2D eigenvalue weighted by Gasteiger charge is 2.44. The molecule has 20 heavy (non-hydrogen) atoms. The van der Waals surface area contributed by atoms with E-state index in [1.54, 1.807) is 12.1 Å². The van der Waals surface area contributed by atoms with Crippen molar-refractivity contribution in [3.05, 3.63) is 28.8 Å². The summed E-state index contributed by atoms with van der Waals surface area (Å²) < 4.78 is 5.69. The van der Waals surface area contributed by atoms with Crippen LogP contribution < -0.4 is 15.4 Å². The van der Waals surface area contributed by atoms with E-state index >= 15 is 0 Å². The highest BCUT2D eigenvalue weighted by atomic mass is 35.5. The quantitative estimate of drug-likeness (QED) is 0.823. The molecular weight excluding hydrogens is 278 g/mol. The average molecular weight is 292 g/mol. The summed E-state index contributed by atoms with van der Waals surface area (Å²) in [4.78, 5) is 16.9. The number of aliphatic imine (C=N–C) groups is 1. The molecule has 1 amide bonds. The van der Waals surface area contributed by atoms with E-state index in [0.717, 1.165) is 30.8 Å². The van der Waals surface area contributed by atoms with Crippen molar-refractivity contribution >= 4 is 23.3 Å². The Kier molecular flexibility index (Phi) is 2.72. The Labute approximate surface area is 121 Å². The zero-order valence-electron chi connectivity index (χ0n) is 10.7. The second kappa shape index (κ2) is 4.46.